The molecule has 0 bridgehead atoms. The number of hydrogen-bond donors (Lipinski definition) is 0. The van der Waals surface area contributed by atoms with Crippen molar-refractivity contribution >= 4 is 17.9 Å². The number of carbonyl (C=O) groups excluding carboxylic acids is 2. The van der Waals surface area contributed by atoms with Gasteiger partial charge in [-0.15, -0.1) is 0 Å². The Bertz CT molecular complexity index is 432. The van der Waals surface area contributed by atoms with E-state index in [0.717, 1.165) is 11.1 Å². The molecule has 3 nitrogen and oxygen atoms in total. The Hall–Kier alpha value is -1.90. The van der Waals surface area contributed by atoms with Crippen LogP contribution in [-0.4, -0.2) is 16.7 Å². The first-order valence-corrected chi connectivity index (χ1v) is 5.75. The number of likely N-dealkylation sites (tertiary alicyclic amines) is 1. The summed E-state index contributed by atoms with van der Waals surface area (Å²) in [6, 6.07) is 7.71. The average Bonchev–Trinajstić information content (AvgIpc) is 2.35. The Morgan fingerprint density at radius 1 is 1.12 bits per heavy atom. The molecule has 1 saturated heterocycles. The minimum absolute atomic E-state index is 0.0611. The molecular weight excluding hydrogens is 214 g/mol. The van der Waals surface area contributed by atoms with Gasteiger partial charge in [0, 0.05) is 12.8 Å². The highest BCUT2D eigenvalue weighted by atomic mass is 16.2. The lowest BCUT2D eigenvalue weighted by molar-refractivity contribution is -0.148. The molecule has 0 saturated carbocycles. The lowest BCUT2D eigenvalue weighted by Gasteiger charge is -2.24. The van der Waals surface area contributed by atoms with Gasteiger partial charge in [-0.25, -0.2) is 0 Å². The molecule has 1 aromatic rings. The second-order valence-corrected chi connectivity index (χ2v) is 4.17. The second kappa shape index (κ2) is 4.95. The van der Waals surface area contributed by atoms with Gasteiger partial charge in [-0.3, -0.25) is 14.5 Å². The van der Waals surface area contributed by atoms with Gasteiger partial charge in [0.15, 0.2) is 0 Å². The van der Waals surface area contributed by atoms with Gasteiger partial charge in [-0.05, 0) is 17.5 Å². The Labute approximate surface area is 101 Å². The number of benzene rings is 1. The number of nitrogens with zero attached hydrogens (tertiary/aromatic N) is 1. The van der Waals surface area contributed by atoms with Gasteiger partial charge in [0.1, 0.15) is 0 Å². The van der Waals surface area contributed by atoms with Crippen LogP contribution in [0.1, 0.15) is 30.4 Å². The number of amides is 2. The summed E-state index contributed by atoms with van der Waals surface area (Å²) in [6.07, 6.45) is 3.41. The van der Waals surface area contributed by atoms with Crippen molar-refractivity contribution in [2.45, 2.75) is 25.8 Å². The zero-order valence-electron chi connectivity index (χ0n) is 9.69. The third-order valence-electron chi connectivity index (χ3n) is 2.94. The molecule has 1 aromatic carbocycles. The molecule has 3 heteroatoms. The van der Waals surface area contributed by atoms with Crippen molar-refractivity contribution in [3.05, 3.63) is 42.0 Å². The summed E-state index contributed by atoms with van der Waals surface area (Å²) in [5.41, 5.74) is 2.00. The van der Waals surface area contributed by atoms with Crippen LogP contribution in [0.4, 0.5) is 0 Å². The zero-order valence-corrected chi connectivity index (χ0v) is 9.69. The normalized spacial score (nSPS) is 16.1. The fourth-order valence-corrected chi connectivity index (χ4v) is 1.92. The number of rotatable bonds is 3. The highest BCUT2D eigenvalue weighted by Crippen LogP contribution is 2.16. The summed E-state index contributed by atoms with van der Waals surface area (Å²) in [4.78, 5) is 24.6. The van der Waals surface area contributed by atoms with Gasteiger partial charge in [-0.1, -0.05) is 36.9 Å². The number of carbonyl (C=O) groups is 2. The lowest BCUT2D eigenvalue weighted by atomic mass is 10.1. The molecule has 0 atom stereocenters. The SMILES string of the molecule is C=Cc1ccc(CN2C(=O)CCCC2=O)cc1. The van der Waals surface area contributed by atoms with Crippen LogP contribution >= 0.6 is 0 Å². The van der Waals surface area contributed by atoms with Crippen molar-refractivity contribution in [1.82, 2.24) is 4.90 Å². The Morgan fingerprint density at radius 3 is 2.24 bits per heavy atom. The maximum absolute atomic E-state index is 11.6. The molecule has 0 aliphatic carbocycles. The summed E-state index contributed by atoms with van der Waals surface area (Å²) in [5.74, 6) is -0.122. The standard InChI is InChI=1S/C14H15NO2/c1-2-11-6-8-12(9-7-11)10-15-13(16)4-3-5-14(15)17/h2,6-9H,1,3-5,10H2. The molecule has 0 unspecified atom stereocenters. The maximum atomic E-state index is 11.6. The topological polar surface area (TPSA) is 37.4 Å². The van der Waals surface area contributed by atoms with E-state index in [1.54, 1.807) is 6.08 Å². The molecule has 0 spiro atoms. The van der Waals surface area contributed by atoms with Crippen LogP contribution in [-0.2, 0) is 16.1 Å². The van der Waals surface area contributed by atoms with E-state index in [1.165, 1.54) is 4.90 Å². The van der Waals surface area contributed by atoms with Gasteiger partial charge >= 0.3 is 0 Å². The van der Waals surface area contributed by atoms with Crippen molar-refractivity contribution in [3.63, 3.8) is 0 Å². The average molecular weight is 229 g/mol. The molecule has 1 aliphatic rings. The van der Waals surface area contributed by atoms with E-state index in [-0.39, 0.29) is 11.8 Å². The highest BCUT2D eigenvalue weighted by Gasteiger charge is 2.25. The molecule has 1 fully saturated rings. The van der Waals surface area contributed by atoms with E-state index in [2.05, 4.69) is 6.58 Å². The van der Waals surface area contributed by atoms with E-state index in [1.807, 2.05) is 24.3 Å². The van der Waals surface area contributed by atoms with Gasteiger partial charge in [0.25, 0.3) is 0 Å². The van der Waals surface area contributed by atoms with Crippen LogP contribution in [0.15, 0.2) is 30.8 Å². The molecule has 1 aliphatic heterocycles. The molecule has 0 N–H and O–H groups in total. The third-order valence-corrected chi connectivity index (χ3v) is 2.94. The van der Waals surface area contributed by atoms with Crippen LogP contribution in [0, 0.1) is 0 Å². The van der Waals surface area contributed by atoms with Crippen LogP contribution in [0.3, 0.4) is 0 Å². The van der Waals surface area contributed by atoms with Gasteiger partial charge in [0.05, 0.1) is 6.54 Å². The van der Waals surface area contributed by atoms with Gasteiger partial charge in [0.2, 0.25) is 11.8 Å². The van der Waals surface area contributed by atoms with Crippen molar-refractivity contribution in [3.8, 4) is 0 Å². The fourth-order valence-electron chi connectivity index (χ4n) is 1.92. The fraction of sp³-hybridized carbons (Fsp3) is 0.286. The first kappa shape index (κ1) is 11.6. The number of hydrogen-bond acceptors (Lipinski definition) is 2. The first-order chi connectivity index (χ1) is 8.20. The number of piperidine rings is 1. The summed E-state index contributed by atoms with van der Waals surface area (Å²) >= 11 is 0. The van der Waals surface area contributed by atoms with Crippen molar-refractivity contribution in [1.29, 1.82) is 0 Å². The molecule has 0 radical (unpaired) electrons. The molecule has 2 amide bonds. The minimum atomic E-state index is -0.0611. The second-order valence-electron chi connectivity index (χ2n) is 4.17. The quantitative estimate of drug-likeness (QED) is 0.746. The van der Waals surface area contributed by atoms with Crippen molar-refractivity contribution < 1.29 is 9.59 Å². The Balaban J connectivity index is 2.10. The van der Waals surface area contributed by atoms with E-state index in [0.29, 0.717) is 25.8 Å². The Kier molecular flexibility index (Phi) is 3.38. The van der Waals surface area contributed by atoms with Crippen LogP contribution in [0.25, 0.3) is 6.08 Å². The summed E-state index contributed by atoms with van der Waals surface area (Å²) in [5, 5.41) is 0. The van der Waals surface area contributed by atoms with Crippen LogP contribution in [0.2, 0.25) is 0 Å². The molecular formula is C14H15NO2. The lowest BCUT2D eigenvalue weighted by Crippen LogP contribution is -2.39. The van der Waals surface area contributed by atoms with Crippen molar-refractivity contribution in [2.75, 3.05) is 0 Å². The van der Waals surface area contributed by atoms with Gasteiger partial charge in [-0.2, -0.15) is 0 Å². The predicted octanol–water partition coefficient (Wildman–Crippen LogP) is 2.37. The highest BCUT2D eigenvalue weighted by molar-refractivity contribution is 5.97. The van der Waals surface area contributed by atoms with E-state index >= 15 is 0 Å². The zero-order chi connectivity index (χ0) is 12.3. The van der Waals surface area contributed by atoms with E-state index < -0.39 is 0 Å². The van der Waals surface area contributed by atoms with Gasteiger partial charge < -0.3 is 0 Å². The largest absolute Gasteiger partial charge is 0.278 e. The number of imide groups is 1. The maximum Gasteiger partial charge on any atom is 0.229 e. The van der Waals surface area contributed by atoms with Crippen molar-refractivity contribution in [2.24, 2.45) is 0 Å². The molecule has 1 heterocycles. The smallest absolute Gasteiger partial charge is 0.229 e. The van der Waals surface area contributed by atoms with E-state index in [4.69, 9.17) is 0 Å². The summed E-state index contributed by atoms with van der Waals surface area (Å²) in [7, 11) is 0. The molecule has 88 valence electrons. The Morgan fingerprint density at radius 2 is 1.71 bits per heavy atom. The minimum Gasteiger partial charge on any atom is -0.278 e. The van der Waals surface area contributed by atoms with Crippen LogP contribution < -0.4 is 0 Å². The third kappa shape index (κ3) is 2.61. The van der Waals surface area contributed by atoms with E-state index in [9.17, 15) is 9.59 Å². The predicted molar refractivity (Wildman–Crippen MR) is 65.9 cm³/mol. The monoisotopic (exact) mass is 229 g/mol. The summed E-state index contributed by atoms with van der Waals surface area (Å²) in [6.45, 7) is 4.07. The first-order valence-electron chi connectivity index (χ1n) is 5.75. The molecule has 2 rings (SSSR count). The van der Waals surface area contributed by atoms with Crippen LogP contribution in [0.5, 0.6) is 0 Å². The molecule has 0 aromatic heterocycles. The summed E-state index contributed by atoms with van der Waals surface area (Å²) < 4.78 is 0. The molecule has 17 heavy (non-hydrogen) atoms.